The first kappa shape index (κ1) is 15.1. The Balaban J connectivity index is 2.15. The third kappa shape index (κ3) is 2.65. The molecule has 0 saturated heterocycles. The summed E-state index contributed by atoms with van der Waals surface area (Å²) >= 11 is 0. The number of hydrogen-bond donors (Lipinski definition) is 1. The number of rotatable bonds is 3. The van der Waals surface area contributed by atoms with Crippen molar-refractivity contribution in [3.63, 3.8) is 0 Å². The van der Waals surface area contributed by atoms with Gasteiger partial charge in [0.05, 0.1) is 18.5 Å². The van der Waals surface area contributed by atoms with Crippen LogP contribution < -0.4 is 10.2 Å². The van der Waals surface area contributed by atoms with E-state index in [1.54, 1.807) is 6.92 Å². The number of fused-ring (bicyclic) bond motifs is 1. The molecule has 5 nitrogen and oxygen atoms in total. The zero-order valence-electron chi connectivity index (χ0n) is 13.0. The van der Waals surface area contributed by atoms with E-state index in [1.165, 1.54) is 12.0 Å². The molecule has 0 aromatic heterocycles. The Morgan fingerprint density at radius 3 is 2.48 bits per heavy atom. The van der Waals surface area contributed by atoms with Crippen molar-refractivity contribution >= 4 is 23.3 Å². The maximum atomic E-state index is 12.8. The number of ether oxygens (including phenoxy) is 1. The Morgan fingerprint density at radius 1 is 1.13 bits per heavy atom. The number of amides is 1. The van der Waals surface area contributed by atoms with Gasteiger partial charge >= 0.3 is 5.97 Å². The van der Waals surface area contributed by atoms with E-state index in [0.717, 1.165) is 11.3 Å². The van der Waals surface area contributed by atoms with Crippen molar-refractivity contribution < 1.29 is 14.3 Å². The van der Waals surface area contributed by atoms with Gasteiger partial charge in [0.2, 0.25) is 5.91 Å². The fourth-order valence-electron chi connectivity index (χ4n) is 2.83. The second-order valence-electron chi connectivity index (χ2n) is 5.43. The van der Waals surface area contributed by atoms with Gasteiger partial charge in [0.15, 0.2) is 6.04 Å². The van der Waals surface area contributed by atoms with E-state index in [-0.39, 0.29) is 5.91 Å². The number of nitrogens with zero attached hydrogens (tertiary/aromatic N) is 1. The fourth-order valence-corrected chi connectivity index (χ4v) is 2.83. The van der Waals surface area contributed by atoms with Gasteiger partial charge in [-0.05, 0) is 24.6 Å². The van der Waals surface area contributed by atoms with Crippen LogP contribution in [0.4, 0.5) is 11.4 Å². The minimum absolute atomic E-state index is 0.164. The molecule has 2 unspecified atom stereocenters. The first-order valence-corrected chi connectivity index (χ1v) is 7.45. The van der Waals surface area contributed by atoms with Crippen LogP contribution in [-0.2, 0) is 14.3 Å². The molecule has 1 amide bonds. The molecule has 0 aliphatic carbocycles. The summed E-state index contributed by atoms with van der Waals surface area (Å²) in [4.78, 5) is 26.7. The summed E-state index contributed by atoms with van der Waals surface area (Å²) in [5, 5.41) is 3.16. The average molecular weight is 310 g/mol. The monoisotopic (exact) mass is 310 g/mol. The lowest BCUT2D eigenvalue weighted by atomic mass is 10.0. The minimum Gasteiger partial charge on any atom is -0.467 e. The molecule has 0 fully saturated rings. The predicted octanol–water partition coefficient (Wildman–Crippen LogP) is 2.75. The van der Waals surface area contributed by atoms with Crippen molar-refractivity contribution in [1.29, 1.82) is 0 Å². The number of benzene rings is 2. The Labute approximate surface area is 134 Å². The summed E-state index contributed by atoms with van der Waals surface area (Å²) in [5.74, 6) is -0.628. The van der Waals surface area contributed by atoms with Crippen LogP contribution >= 0.6 is 0 Å². The van der Waals surface area contributed by atoms with Gasteiger partial charge in [-0.15, -0.1) is 0 Å². The van der Waals surface area contributed by atoms with Crippen molar-refractivity contribution in [3.05, 3.63) is 60.2 Å². The highest BCUT2D eigenvalue weighted by molar-refractivity contribution is 6.08. The molecule has 5 heteroatoms. The highest BCUT2D eigenvalue weighted by Crippen LogP contribution is 2.37. The molecule has 2 atom stereocenters. The molecule has 0 radical (unpaired) electrons. The van der Waals surface area contributed by atoms with Gasteiger partial charge in [-0.1, -0.05) is 42.5 Å². The summed E-state index contributed by atoms with van der Waals surface area (Å²) in [6, 6.07) is 15.4. The zero-order chi connectivity index (χ0) is 16.4. The van der Waals surface area contributed by atoms with Gasteiger partial charge in [0, 0.05) is 0 Å². The maximum absolute atomic E-state index is 12.8. The highest BCUT2D eigenvalue weighted by Gasteiger charge is 2.39. The Bertz CT molecular complexity index is 730. The number of methoxy groups -OCH3 is 1. The largest absolute Gasteiger partial charge is 0.467 e. The zero-order valence-corrected chi connectivity index (χ0v) is 13.0. The van der Waals surface area contributed by atoms with Crippen LogP contribution in [0.2, 0.25) is 0 Å². The van der Waals surface area contributed by atoms with E-state index in [0.29, 0.717) is 5.69 Å². The number of hydrogen-bond acceptors (Lipinski definition) is 4. The molecule has 118 valence electrons. The quantitative estimate of drug-likeness (QED) is 0.886. The van der Waals surface area contributed by atoms with Crippen LogP contribution in [0, 0.1) is 0 Å². The standard InChI is InChI=1S/C18H18N2O3/c1-12-17(21)20(15-11-7-6-10-14(15)19-12)16(18(22)23-2)13-8-4-3-5-9-13/h3-12,16,19H,1-2H3. The van der Waals surface area contributed by atoms with Crippen LogP contribution in [0.1, 0.15) is 18.5 Å². The van der Waals surface area contributed by atoms with E-state index < -0.39 is 18.1 Å². The molecule has 1 N–H and O–H groups in total. The van der Waals surface area contributed by atoms with Crippen molar-refractivity contribution in [1.82, 2.24) is 0 Å². The van der Waals surface area contributed by atoms with Gasteiger partial charge in [0.1, 0.15) is 6.04 Å². The molecule has 0 saturated carbocycles. The van der Waals surface area contributed by atoms with Gasteiger partial charge in [0.25, 0.3) is 0 Å². The third-order valence-electron chi connectivity index (χ3n) is 3.94. The highest BCUT2D eigenvalue weighted by atomic mass is 16.5. The van der Waals surface area contributed by atoms with Crippen LogP contribution in [0.3, 0.4) is 0 Å². The molecule has 1 heterocycles. The first-order valence-electron chi connectivity index (χ1n) is 7.45. The summed E-state index contributed by atoms with van der Waals surface area (Å²) < 4.78 is 4.97. The fraction of sp³-hybridized carbons (Fsp3) is 0.222. The molecule has 1 aliphatic rings. The summed E-state index contributed by atoms with van der Waals surface area (Å²) in [7, 11) is 1.33. The summed E-state index contributed by atoms with van der Waals surface area (Å²) in [6.07, 6.45) is 0. The van der Waals surface area contributed by atoms with Gasteiger partial charge in [-0.2, -0.15) is 0 Å². The maximum Gasteiger partial charge on any atom is 0.333 e. The molecular weight excluding hydrogens is 292 g/mol. The van der Waals surface area contributed by atoms with Crippen LogP contribution in [-0.4, -0.2) is 25.0 Å². The number of para-hydroxylation sites is 2. The van der Waals surface area contributed by atoms with Crippen LogP contribution in [0.15, 0.2) is 54.6 Å². The number of carbonyl (C=O) groups excluding carboxylic acids is 2. The molecule has 2 aromatic carbocycles. The second-order valence-corrected chi connectivity index (χ2v) is 5.43. The number of anilines is 2. The van der Waals surface area contributed by atoms with Gasteiger partial charge in [-0.25, -0.2) is 4.79 Å². The van der Waals surface area contributed by atoms with Crippen molar-refractivity contribution in [2.24, 2.45) is 0 Å². The lowest BCUT2D eigenvalue weighted by Crippen LogP contribution is -2.49. The predicted molar refractivity (Wildman–Crippen MR) is 88.2 cm³/mol. The molecule has 2 aromatic rings. The van der Waals surface area contributed by atoms with E-state index in [1.807, 2.05) is 54.6 Å². The molecule has 1 aliphatic heterocycles. The summed E-state index contributed by atoms with van der Waals surface area (Å²) in [6.45, 7) is 1.78. The Morgan fingerprint density at radius 2 is 1.78 bits per heavy atom. The molecule has 23 heavy (non-hydrogen) atoms. The summed E-state index contributed by atoms with van der Waals surface area (Å²) in [5.41, 5.74) is 2.22. The normalized spacial score (nSPS) is 17.9. The van der Waals surface area contributed by atoms with Crippen LogP contribution in [0.25, 0.3) is 0 Å². The van der Waals surface area contributed by atoms with Crippen molar-refractivity contribution in [2.75, 3.05) is 17.3 Å². The average Bonchev–Trinajstić information content (AvgIpc) is 2.59. The molecule has 3 rings (SSSR count). The third-order valence-corrected chi connectivity index (χ3v) is 3.94. The van der Waals surface area contributed by atoms with Gasteiger partial charge < -0.3 is 10.1 Å². The van der Waals surface area contributed by atoms with Crippen molar-refractivity contribution in [2.45, 2.75) is 19.0 Å². The Kier molecular flexibility index (Phi) is 4.02. The second kappa shape index (κ2) is 6.12. The van der Waals surface area contributed by atoms with E-state index in [2.05, 4.69) is 5.32 Å². The van der Waals surface area contributed by atoms with Gasteiger partial charge in [-0.3, -0.25) is 9.69 Å². The number of nitrogens with one attached hydrogen (secondary N) is 1. The lowest BCUT2D eigenvalue weighted by molar-refractivity contribution is -0.143. The molecule has 0 spiro atoms. The molecule has 0 bridgehead atoms. The SMILES string of the molecule is COC(=O)C(c1ccccc1)N1C(=O)C(C)Nc2ccccc21. The van der Waals surface area contributed by atoms with E-state index >= 15 is 0 Å². The number of carbonyl (C=O) groups is 2. The minimum atomic E-state index is -0.806. The molecular formula is C18H18N2O3. The Hall–Kier alpha value is -2.82. The van der Waals surface area contributed by atoms with E-state index in [9.17, 15) is 9.59 Å². The first-order chi connectivity index (χ1) is 11.1. The van der Waals surface area contributed by atoms with Crippen molar-refractivity contribution in [3.8, 4) is 0 Å². The lowest BCUT2D eigenvalue weighted by Gasteiger charge is -2.38. The smallest absolute Gasteiger partial charge is 0.333 e. The van der Waals surface area contributed by atoms with Crippen LogP contribution in [0.5, 0.6) is 0 Å². The number of esters is 1. The topological polar surface area (TPSA) is 58.6 Å². The van der Waals surface area contributed by atoms with E-state index in [4.69, 9.17) is 4.74 Å².